The lowest BCUT2D eigenvalue weighted by Gasteiger charge is -1.97. The third-order valence-corrected chi connectivity index (χ3v) is 1.11. The molecule has 44 valence electrons. The van der Waals surface area contributed by atoms with Gasteiger partial charge in [0.2, 0.25) is 0 Å². The predicted octanol–water partition coefficient (Wildman–Crippen LogP) is 0.903. The molecule has 0 aliphatic rings. The molecule has 1 rings (SSSR count). The molecular weight excluding hydrogens is 112 g/mol. The van der Waals surface area contributed by atoms with Gasteiger partial charge in [0.05, 0.1) is 11.9 Å². The molecule has 0 atom stereocenters. The van der Waals surface area contributed by atoms with Gasteiger partial charge in [-0.25, -0.2) is 0 Å². The van der Waals surface area contributed by atoms with Crippen LogP contribution in [0, 0.1) is 20.8 Å². The van der Waals surface area contributed by atoms with Crippen molar-refractivity contribution in [1.82, 2.24) is 10.2 Å². The van der Waals surface area contributed by atoms with Crippen LogP contribution in [-0.4, -0.2) is 10.2 Å². The quantitative estimate of drug-likeness (QED) is 0.506. The van der Waals surface area contributed by atoms with E-state index in [1.807, 2.05) is 0 Å². The molecule has 0 spiro atoms. The lowest BCUT2D eigenvalue weighted by atomic mass is 10.2. The number of rotatable bonds is 0. The Morgan fingerprint density at radius 1 is 1.44 bits per heavy atom. The maximum Gasteiger partial charge on any atom is 0.0638 e. The molecule has 0 N–H and O–H groups in total. The summed E-state index contributed by atoms with van der Waals surface area (Å²) in [4.78, 5) is 0. The van der Waals surface area contributed by atoms with Crippen LogP contribution in [0.2, 0.25) is 0 Å². The summed E-state index contributed by atoms with van der Waals surface area (Å²) in [5.41, 5.74) is 1.68. The van der Waals surface area contributed by atoms with E-state index in [2.05, 4.69) is 10.2 Å². The first-order valence-electron chi connectivity index (χ1n) is 2.55. The minimum Gasteiger partial charge on any atom is -0.159 e. The van der Waals surface area contributed by atoms with Gasteiger partial charge in [0.1, 0.15) is 0 Å². The molecule has 2 nitrogen and oxygen atoms in total. The Morgan fingerprint density at radius 3 is 2.56 bits per heavy atom. The molecule has 0 aliphatic heterocycles. The van der Waals surface area contributed by atoms with Crippen molar-refractivity contribution in [2.75, 3.05) is 0 Å². The van der Waals surface area contributed by atoms with Crippen molar-refractivity contribution < 1.29 is 0 Å². The maximum atomic E-state index is 5.45. The Hall–Kier alpha value is -0.920. The van der Waals surface area contributed by atoms with Crippen molar-refractivity contribution in [1.29, 1.82) is 0 Å². The van der Waals surface area contributed by atoms with Crippen LogP contribution in [0.25, 0.3) is 0 Å². The van der Waals surface area contributed by atoms with E-state index < -0.39 is 0 Å². The SMILES string of the molecule is [CH]c1cnnc(C)c1[CH]. The molecule has 0 fully saturated rings. The third-order valence-electron chi connectivity index (χ3n) is 1.11. The van der Waals surface area contributed by atoms with Crippen molar-refractivity contribution in [3.05, 3.63) is 36.9 Å². The van der Waals surface area contributed by atoms with Gasteiger partial charge in [-0.1, -0.05) is 0 Å². The highest BCUT2D eigenvalue weighted by atomic mass is 15.1. The highest BCUT2D eigenvalue weighted by Crippen LogP contribution is 2.05. The number of nitrogens with zero attached hydrogens (tertiary/aromatic N) is 2. The maximum absolute atomic E-state index is 5.45. The van der Waals surface area contributed by atoms with Gasteiger partial charge >= 0.3 is 0 Å². The Morgan fingerprint density at radius 2 is 2.11 bits per heavy atom. The molecule has 0 saturated carbocycles. The second-order valence-electron chi connectivity index (χ2n) is 1.80. The van der Waals surface area contributed by atoms with Gasteiger partial charge in [-0.05, 0) is 18.1 Å². The highest BCUT2D eigenvalue weighted by Gasteiger charge is 1.95. The summed E-state index contributed by atoms with van der Waals surface area (Å²) < 4.78 is 0. The molecule has 0 saturated heterocycles. The lowest BCUT2D eigenvalue weighted by molar-refractivity contribution is 0.964. The van der Waals surface area contributed by atoms with Gasteiger partial charge in [-0.3, -0.25) is 0 Å². The summed E-state index contributed by atoms with van der Waals surface area (Å²) >= 11 is 0. The zero-order valence-electron chi connectivity index (χ0n) is 5.13. The molecule has 0 bridgehead atoms. The monoisotopic (exact) mass is 118 g/mol. The highest BCUT2D eigenvalue weighted by molar-refractivity contribution is 5.31. The molecule has 9 heavy (non-hydrogen) atoms. The van der Waals surface area contributed by atoms with E-state index in [0.29, 0.717) is 16.8 Å². The van der Waals surface area contributed by atoms with Crippen LogP contribution in [0.15, 0.2) is 6.20 Å². The molecular formula is C7H6N2. The van der Waals surface area contributed by atoms with Gasteiger partial charge in [0, 0.05) is 13.8 Å². The van der Waals surface area contributed by atoms with Gasteiger partial charge in [0.25, 0.3) is 0 Å². The van der Waals surface area contributed by atoms with Crippen LogP contribution >= 0.6 is 0 Å². The van der Waals surface area contributed by atoms with Crippen molar-refractivity contribution in [3.8, 4) is 0 Å². The summed E-state index contributed by atoms with van der Waals surface area (Å²) in [6.07, 6.45) is 1.43. The van der Waals surface area contributed by atoms with Crippen LogP contribution < -0.4 is 0 Å². The van der Waals surface area contributed by atoms with Crippen LogP contribution in [-0.2, 0) is 0 Å². The minimum absolute atomic E-state index is 0.488. The van der Waals surface area contributed by atoms with Crippen LogP contribution in [0.3, 0.4) is 0 Å². The molecule has 0 unspecified atom stereocenters. The van der Waals surface area contributed by atoms with Crippen LogP contribution in [0.1, 0.15) is 16.8 Å². The first-order valence-corrected chi connectivity index (χ1v) is 2.55. The fraction of sp³-hybridized carbons (Fsp3) is 0.143. The molecule has 0 aromatic carbocycles. The second-order valence-corrected chi connectivity index (χ2v) is 1.80. The van der Waals surface area contributed by atoms with E-state index in [9.17, 15) is 0 Å². The van der Waals surface area contributed by atoms with E-state index >= 15 is 0 Å². The molecule has 1 heterocycles. The topological polar surface area (TPSA) is 25.8 Å². The molecule has 0 aliphatic carbocycles. The van der Waals surface area contributed by atoms with E-state index in [4.69, 9.17) is 13.8 Å². The lowest BCUT2D eigenvalue weighted by Crippen LogP contribution is -1.92. The zero-order valence-corrected chi connectivity index (χ0v) is 5.13. The van der Waals surface area contributed by atoms with Crippen molar-refractivity contribution >= 4 is 0 Å². The predicted molar refractivity (Wildman–Crippen MR) is 33.6 cm³/mol. The zero-order chi connectivity index (χ0) is 6.85. The average molecular weight is 118 g/mol. The van der Waals surface area contributed by atoms with Gasteiger partial charge < -0.3 is 0 Å². The summed E-state index contributed by atoms with van der Waals surface area (Å²) in [5, 5.41) is 7.27. The Labute approximate surface area is 54.9 Å². The van der Waals surface area contributed by atoms with E-state index in [1.54, 1.807) is 6.92 Å². The first kappa shape index (κ1) is 6.20. The van der Waals surface area contributed by atoms with Gasteiger partial charge in [-0.2, -0.15) is 10.2 Å². The number of aryl methyl sites for hydroxylation is 1. The molecule has 1 aromatic rings. The largest absolute Gasteiger partial charge is 0.159 e. The Bertz CT molecular complexity index is 198. The number of hydrogen-bond donors (Lipinski definition) is 0. The molecule has 1 aromatic heterocycles. The average Bonchev–Trinajstić information content (AvgIpc) is 1.83. The van der Waals surface area contributed by atoms with Crippen molar-refractivity contribution in [2.24, 2.45) is 0 Å². The van der Waals surface area contributed by atoms with E-state index in [1.165, 1.54) is 6.20 Å². The Balaban J connectivity index is 3.25. The molecule has 0 amide bonds. The van der Waals surface area contributed by atoms with Crippen LogP contribution in [0.5, 0.6) is 0 Å². The number of hydrogen-bond acceptors (Lipinski definition) is 2. The van der Waals surface area contributed by atoms with Crippen LogP contribution in [0.4, 0.5) is 0 Å². The summed E-state index contributed by atoms with van der Waals surface area (Å²) in [6.45, 7) is 12.6. The fourth-order valence-electron chi connectivity index (χ4n) is 0.510. The van der Waals surface area contributed by atoms with Crippen molar-refractivity contribution in [3.63, 3.8) is 0 Å². The summed E-state index contributed by atoms with van der Waals surface area (Å²) in [5.74, 6) is 0. The van der Waals surface area contributed by atoms with E-state index in [0.717, 1.165) is 0 Å². The third kappa shape index (κ3) is 1.07. The van der Waals surface area contributed by atoms with Gasteiger partial charge in [0.15, 0.2) is 0 Å². The first-order chi connectivity index (χ1) is 4.22. The standard InChI is InChI=1S/C7H6N2/c1-5-4-8-9-7(3)6(5)2/h1-2,4H,3H3. The smallest absolute Gasteiger partial charge is 0.0638 e. The van der Waals surface area contributed by atoms with E-state index in [-0.39, 0.29) is 0 Å². The minimum atomic E-state index is 0.488. The second kappa shape index (κ2) is 2.13. The molecule has 2 heteroatoms. The van der Waals surface area contributed by atoms with Crippen molar-refractivity contribution in [2.45, 2.75) is 6.92 Å². The summed E-state index contributed by atoms with van der Waals surface area (Å²) in [6, 6.07) is 0. The molecule has 4 radical (unpaired) electrons. The normalized spacial score (nSPS) is 9.67. The number of aromatic nitrogens is 2. The fourth-order valence-corrected chi connectivity index (χ4v) is 0.510. The summed E-state index contributed by atoms with van der Waals surface area (Å²) in [7, 11) is 0. The Kier molecular flexibility index (Phi) is 1.47. The van der Waals surface area contributed by atoms with Gasteiger partial charge in [-0.15, -0.1) is 0 Å².